The third-order valence-electron chi connectivity index (χ3n) is 5.24. The molecule has 0 unspecified atom stereocenters. The molecule has 0 saturated heterocycles. The molecule has 0 atom stereocenters. The average molecular weight is 429 g/mol. The van der Waals surface area contributed by atoms with Crippen LogP contribution in [0.1, 0.15) is 28.0 Å². The Bertz CT molecular complexity index is 1260. The maximum atomic E-state index is 12.6. The van der Waals surface area contributed by atoms with Crippen molar-refractivity contribution in [3.63, 3.8) is 0 Å². The van der Waals surface area contributed by atoms with Crippen LogP contribution >= 0.6 is 0 Å². The van der Waals surface area contributed by atoms with Crippen LogP contribution in [0.2, 0.25) is 0 Å². The second kappa shape index (κ2) is 8.63. The smallest absolute Gasteiger partial charge is 0.255 e. The lowest BCUT2D eigenvalue weighted by Crippen LogP contribution is -2.12. The molecule has 0 spiro atoms. The van der Waals surface area contributed by atoms with Crippen molar-refractivity contribution in [1.29, 1.82) is 0 Å². The van der Waals surface area contributed by atoms with E-state index >= 15 is 0 Å². The normalized spacial score (nSPS) is 12.9. The maximum absolute atomic E-state index is 12.6. The highest BCUT2D eigenvalue weighted by Crippen LogP contribution is 2.32. The monoisotopic (exact) mass is 429 g/mol. The number of imidazole rings is 1. The molecule has 1 aliphatic rings. The molecule has 0 fully saturated rings. The zero-order valence-corrected chi connectivity index (χ0v) is 17.7. The van der Waals surface area contributed by atoms with Crippen LogP contribution in [0.3, 0.4) is 0 Å². The molecule has 1 N–H and O–H groups in total. The van der Waals surface area contributed by atoms with Crippen LogP contribution in [-0.2, 0) is 6.61 Å². The van der Waals surface area contributed by atoms with Crippen molar-refractivity contribution in [3.8, 4) is 17.2 Å². The van der Waals surface area contributed by atoms with Crippen molar-refractivity contribution in [2.45, 2.75) is 20.0 Å². The van der Waals surface area contributed by atoms with E-state index in [9.17, 15) is 4.79 Å². The number of aryl methyl sites for hydroxylation is 1. The lowest BCUT2D eigenvalue weighted by Gasteiger charge is -2.11. The molecule has 0 aliphatic carbocycles. The Morgan fingerprint density at radius 2 is 1.91 bits per heavy atom. The summed E-state index contributed by atoms with van der Waals surface area (Å²) in [6.45, 7) is 3.61. The van der Waals surface area contributed by atoms with E-state index in [4.69, 9.17) is 14.2 Å². The van der Waals surface area contributed by atoms with Crippen LogP contribution in [0.5, 0.6) is 17.2 Å². The number of ether oxygens (including phenoxy) is 3. The molecule has 1 amide bonds. The van der Waals surface area contributed by atoms with E-state index < -0.39 is 0 Å². The first kappa shape index (κ1) is 19.9. The molecule has 4 aromatic rings. The number of nitrogens with zero attached hydrogens (tertiary/aromatic N) is 2. The Balaban J connectivity index is 1.21. The number of hydrogen-bond donors (Lipinski definition) is 1. The Labute approximate surface area is 185 Å². The predicted molar refractivity (Wildman–Crippen MR) is 121 cm³/mol. The SMILES string of the molecule is Cc1cccn2cc(COc3ccc(C(=O)Nc4ccc5c(c4)OCCCO5)cc3)nc12. The Kier molecular flexibility index (Phi) is 5.37. The third-order valence-corrected chi connectivity index (χ3v) is 5.24. The van der Waals surface area contributed by atoms with Gasteiger partial charge in [-0.2, -0.15) is 0 Å². The van der Waals surface area contributed by atoms with Crippen molar-refractivity contribution in [2.24, 2.45) is 0 Å². The number of carbonyl (C=O) groups is 1. The van der Waals surface area contributed by atoms with E-state index in [2.05, 4.69) is 10.3 Å². The molecule has 5 rings (SSSR count). The molecule has 7 nitrogen and oxygen atoms in total. The molecule has 32 heavy (non-hydrogen) atoms. The number of nitrogens with one attached hydrogen (secondary N) is 1. The van der Waals surface area contributed by atoms with Gasteiger partial charge < -0.3 is 23.9 Å². The maximum Gasteiger partial charge on any atom is 0.255 e. The highest BCUT2D eigenvalue weighted by molar-refractivity contribution is 6.04. The van der Waals surface area contributed by atoms with E-state index in [-0.39, 0.29) is 5.91 Å². The minimum atomic E-state index is -0.207. The highest BCUT2D eigenvalue weighted by Gasteiger charge is 2.13. The number of carbonyl (C=O) groups excluding carboxylic acids is 1. The Morgan fingerprint density at radius 3 is 2.72 bits per heavy atom. The van der Waals surface area contributed by atoms with Crippen LogP contribution < -0.4 is 19.5 Å². The van der Waals surface area contributed by atoms with Gasteiger partial charge in [-0.25, -0.2) is 4.98 Å². The van der Waals surface area contributed by atoms with Gasteiger partial charge in [0.1, 0.15) is 18.0 Å². The van der Waals surface area contributed by atoms with E-state index in [1.807, 2.05) is 41.9 Å². The van der Waals surface area contributed by atoms with Crippen molar-refractivity contribution in [2.75, 3.05) is 18.5 Å². The van der Waals surface area contributed by atoms with Gasteiger partial charge in [-0.05, 0) is 55.0 Å². The number of hydrogen-bond acceptors (Lipinski definition) is 5. The Morgan fingerprint density at radius 1 is 1.09 bits per heavy atom. The molecule has 2 aromatic carbocycles. The standard InChI is InChI=1S/C25H23N3O4/c1-17-4-2-11-28-15-20(26-24(17)28)16-32-21-8-5-18(6-9-21)25(29)27-19-7-10-22-23(14-19)31-13-3-12-30-22/h2,4-11,14-15H,3,12-13,16H2,1H3,(H,27,29). The summed E-state index contributed by atoms with van der Waals surface area (Å²) in [6.07, 6.45) is 4.76. The summed E-state index contributed by atoms with van der Waals surface area (Å²) in [5.41, 5.74) is 4.07. The summed E-state index contributed by atoms with van der Waals surface area (Å²) in [7, 11) is 0. The van der Waals surface area contributed by atoms with Gasteiger partial charge in [0.25, 0.3) is 5.91 Å². The summed E-state index contributed by atoms with van der Waals surface area (Å²) >= 11 is 0. The fourth-order valence-corrected chi connectivity index (χ4v) is 3.58. The second-order valence-corrected chi connectivity index (χ2v) is 7.63. The molecular formula is C25H23N3O4. The van der Waals surface area contributed by atoms with E-state index in [0.29, 0.717) is 48.3 Å². The molecule has 0 bridgehead atoms. The summed E-state index contributed by atoms with van der Waals surface area (Å²) in [5, 5.41) is 2.90. The number of amides is 1. The largest absolute Gasteiger partial charge is 0.490 e. The first-order valence-corrected chi connectivity index (χ1v) is 10.5. The molecule has 1 aliphatic heterocycles. The van der Waals surface area contributed by atoms with Gasteiger partial charge in [0.15, 0.2) is 11.5 Å². The van der Waals surface area contributed by atoms with Crippen LogP contribution in [0.25, 0.3) is 5.65 Å². The Hall–Kier alpha value is -4.00. The van der Waals surface area contributed by atoms with Crippen molar-refractivity contribution < 1.29 is 19.0 Å². The minimum absolute atomic E-state index is 0.207. The first-order chi connectivity index (χ1) is 15.7. The summed E-state index contributed by atoms with van der Waals surface area (Å²) in [4.78, 5) is 17.2. The predicted octanol–water partition coefficient (Wildman–Crippen LogP) is 4.64. The van der Waals surface area contributed by atoms with E-state index in [1.54, 1.807) is 36.4 Å². The van der Waals surface area contributed by atoms with E-state index in [0.717, 1.165) is 23.3 Å². The van der Waals surface area contributed by atoms with Gasteiger partial charge in [0, 0.05) is 36.1 Å². The first-order valence-electron chi connectivity index (χ1n) is 10.5. The summed E-state index contributed by atoms with van der Waals surface area (Å²) < 4.78 is 19.1. The average Bonchev–Trinajstić information content (AvgIpc) is 3.09. The highest BCUT2D eigenvalue weighted by atomic mass is 16.5. The molecule has 0 saturated carbocycles. The van der Waals surface area contributed by atoms with Gasteiger partial charge in [0.2, 0.25) is 0 Å². The van der Waals surface area contributed by atoms with Crippen LogP contribution in [-0.4, -0.2) is 28.5 Å². The van der Waals surface area contributed by atoms with Crippen LogP contribution in [0.15, 0.2) is 67.0 Å². The van der Waals surface area contributed by atoms with Crippen molar-refractivity contribution in [3.05, 3.63) is 83.8 Å². The number of anilines is 1. The quantitative estimate of drug-likeness (QED) is 0.501. The molecule has 162 valence electrons. The summed E-state index contributed by atoms with van der Waals surface area (Å²) in [6, 6.07) is 16.5. The lowest BCUT2D eigenvalue weighted by atomic mass is 10.2. The van der Waals surface area contributed by atoms with E-state index in [1.165, 1.54) is 0 Å². The van der Waals surface area contributed by atoms with Gasteiger partial charge in [0.05, 0.1) is 18.9 Å². The molecule has 3 heterocycles. The van der Waals surface area contributed by atoms with Crippen LogP contribution in [0.4, 0.5) is 5.69 Å². The lowest BCUT2D eigenvalue weighted by molar-refractivity contribution is 0.102. The molecule has 0 radical (unpaired) electrons. The fourth-order valence-electron chi connectivity index (χ4n) is 3.58. The number of aromatic nitrogens is 2. The van der Waals surface area contributed by atoms with Crippen molar-refractivity contribution in [1.82, 2.24) is 9.38 Å². The van der Waals surface area contributed by atoms with Gasteiger partial charge in [-0.15, -0.1) is 0 Å². The number of fused-ring (bicyclic) bond motifs is 2. The molecule has 2 aromatic heterocycles. The number of benzene rings is 2. The van der Waals surface area contributed by atoms with Crippen molar-refractivity contribution >= 4 is 17.2 Å². The number of pyridine rings is 1. The third kappa shape index (κ3) is 4.23. The minimum Gasteiger partial charge on any atom is -0.490 e. The molecular weight excluding hydrogens is 406 g/mol. The second-order valence-electron chi connectivity index (χ2n) is 7.63. The van der Waals surface area contributed by atoms with Gasteiger partial charge in [-0.3, -0.25) is 4.79 Å². The van der Waals surface area contributed by atoms with Gasteiger partial charge in [-0.1, -0.05) is 6.07 Å². The zero-order valence-electron chi connectivity index (χ0n) is 17.7. The molecule has 7 heteroatoms. The summed E-state index contributed by atoms with van der Waals surface area (Å²) in [5.74, 6) is 1.81. The van der Waals surface area contributed by atoms with Gasteiger partial charge >= 0.3 is 0 Å². The van der Waals surface area contributed by atoms with Crippen LogP contribution in [0, 0.1) is 6.92 Å². The number of rotatable bonds is 5. The fraction of sp³-hybridized carbons (Fsp3) is 0.200. The zero-order chi connectivity index (χ0) is 21.9. The topological polar surface area (TPSA) is 74.1 Å².